The predicted molar refractivity (Wildman–Crippen MR) is 75.0 cm³/mol. The lowest BCUT2D eigenvalue weighted by atomic mass is 9.97. The van der Waals surface area contributed by atoms with E-state index in [1.165, 1.54) is 30.5 Å². The van der Waals surface area contributed by atoms with Crippen LogP contribution in [0.3, 0.4) is 0 Å². The summed E-state index contributed by atoms with van der Waals surface area (Å²) < 4.78 is 41.2. The normalized spacial score (nSPS) is 23.9. The maximum Gasteiger partial charge on any atom is 0.436 e. The van der Waals surface area contributed by atoms with E-state index >= 15 is 0 Å². The average molecular weight is 307 g/mol. The Balaban J connectivity index is 2.20. The summed E-state index contributed by atoms with van der Waals surface area (Å²) in [6, 6.07) is 4.88. The van der Waals surface area contributed by atoms with E-state index in [1.54, 1.807) is 25.1 Å². The molecule has 1 aromatic carbocycles. The van der Waals surface area contributed by atoms with Gasteiger partial charge >= 0.3 is 12.2 Å². The second-order valence-corrected chi connectivity index (χ2v) is 5.04. The lowest BCUT2D eigenvalue weighted by Gasteiger charge is -2.39. The van der Waals surface area contributed by atoms with Gasteiger partial charge in [-0.2, -0.15) is 13.2 Å². The Bertz CT molecular complexity index is 704. The highest BCUT2D eigenvalue weighted by Gasteiger charge is 2.60. The number of hydrogen-bond acceptors (Lipinski definition) is 2. The Morgan fingerprint density at radius 3 is 2.50 bits per heavy atom. The van der Waals surface area contributed by atoms with E-state index in [0.717, 1.165) is 10.5 Å². The summed E-state index contributed by atoms with van der Waals surface area (Å²) in [6.07, 6.45) is 1.04. The van der Waals surface area contributed by atoms with E-state index in [0.29, 0.717) is 0 Å². The smallest absolute Gasteiger partial charge is 0.301 e. The molecule has 114 valence electrons. The van der Waals surface area contributed by atoms with Crippen LogP contribution >= 0.6 is 0 Å². The predicted octanol–water partition coefficient (Wildman–Crippen LogP) is 3.22. The monoisotopic (exact) mass is 307 g/mol. The number of urea groups is 1. The van der Waals surface area contributed by atoms with Crippen LogP contribution in [0.25, 0.3) is 0 Å². The SMILES string of the molecule is Cc1ccc([C@@]2(C(F)(F)F)N=C3C=CC=CN3C(=O)N2)cc1. The minimum Gasteiger partial charge on any atom is -0.301 e. The average Bonchev–Trinajstić information content (AvgIpc) is 2.46. The van der Waals surface area contributed by atoms with E-state index in [-0.39, 0.29) is 11.4 Å². The second kappa shape index (κ2) is 4.72. The molecule has 0 aromatic heterocycles. The van der Waals surface area contributed by atoms with Crippen LogP contribution in [-0.2, 0) is 5.66 Å². The molecule has 1 aromatic rings. The van der Waals surface area contributed by atoms with Gasteiger partial charge in [-0.1, -0.05) is 35.9 Å². The first-order chi connectivity index (χ1) is 10.3. The molecule has 2 aliphatic heterocycles. The summed E-state index contributed by atoms with van der Waals surface area (Å²) in [6.45, 7) is 1.77. The molecule has 0 aliphatic carbocycles. The highest BCUT2D eigenvalue weighted by Crippen LogP contribution is 2.42. The first-order valence-corrected chi connectivity index (χ1v) is 6.53. The number of aliphatic imine (C=N–C) groups is 1. The van der Waals surface area contributed by atoms with E-state index in [1.807, 2.05) is 5.32 Å². The molecule has 7 heteroatoms. The summed E-state index contributed by atoms with van der Waals surface area (Å²) >= 11 is 0. The number of alkyl halides is 3. The lowest BCUT2D eigenvalue weighted by molar-refractivity contribution is -0.196. The standard InChI is InChI=1S/C15H12F3N3O/c1-10-5-7-11(8-6-10)14(15(16,17)18)19-12-4-2-3-9-21(12)13(22)20-14/h2-9H,1H3,(H,20,22)/t14-/m1/s1. The summed E-state index contributed by atoms with van der Waals surface area (Å²) in [5.41, 5.74) is -2.09. The fourth-order valence-corrected chi connectivity index (χ4v) is 2.34. The number of carbonyl (C=O) groups excluding carboxylic acids is 1. The molecule has 0 saturated carbocycles. The van der Waals surface area contributed by atoms with Crippen molar-refractivity contribution in [2.75, 3.05) is 0 Å². The molecule has 2 heterocycles. The molecular weight excluding hydrogens is 295 g/mol. The molecule has 0 radical (unpaired) electrons. The number of benzene rings is 1. The molecule has 0 unspecified atom stereocenters. The summed E-state index contributed by atoms with van der Waals surface area (Å²) in [5.74, 6) is -0.0517. The van der Waals surface area contributed by atoms with Gasteiger partial charge in [0.05, 0.1) is 0 Å². The number of fused-ring (bicyclic) bond motifs is 1. The Morgan fingerprint density at radius 1 is 1.18 bits per heavy atom. The third kappa shape index (κ3) is 2.09. The number of allylic oxidation sites excluding steroid dienone is 2. The maximum absolute atomic E-state index is 13.7. The molecule has 1 atom stereocenters. The minimum absolute atomic E-state index is 0.0517. The minimum atomic E-state index is -4.77. The Labute approximate surface area is 124 Å². The topological polar surface area (TPSA) is 44.7 Å². The van der Waals surface area contributed by atoms with Crippen molar-refractivity contribution in [3.05, 3.63) is 59.8 Å². The second-order valence-electron chi connectivity index (χ2n) is 5.04. The number of amidine groups is 1. The molecule has 1 N–H and O–H groups in total. The Kier molecular flexibility index (Phi) is 3.09. The van der Waals surface area contributed by atoms with Gasteiger partial charge < -0.3 is 5.32 Å². The number of amides is 2. The van der Waals surface area contributed by atoms with Crippen molar-refractivity contribution in [3.8, 4) is 0 Å². The third-order valence-corrected chi connectivity index (χ3v) is 3.51. The molecule has 3 rings (SSSR count). The van der Waals surface area contributed by atoms with E-state index in [9.17, 15) is 18.0 Å². The van der Waals surface area contributed by atoms with Crippen LogP contribution in [0, 0.1) is 6.92 Å². The maximum atomic E-state index is 13.7. The molecule has 2 amide bonds. The number of carbonyl (C=O) groups is 1. The van der Waals surface area contributed by atoms with Crippen molar-refractivity contribution < 1.29 is 18.0 Å². The van der Waals surface area contributed by atoms with Gasteiger partial charge in [-0.25, -0.2) is 9.79 Å². The van der Waals surface area contributed by atoms with Gasteiger partial charge in [0.15, 0.2) is 0 Å². The number of halogens is 3. The number of nitrogens with zero attached hydrogens (tertiary/aromatic N) is 2. The number of rotatable bonds is 1. The van der Waals surface area contributed by atoms with Crippen LogP contribution in [0.1, 0.15) is 11.1 Å². The Hall–Kier alpha value is -2.57. The summed E-state index contributed by atoms with van der Waals surface area (Å²) in [7, 11) is 0. The van der Waals surface area contributed by atoms with Crippen molar-refractivity contribution in [1.29, 1.82) is 0 Å². The van der Waals surface area contributed by atoms with Crippen molar-refractivity contribution in [2.45, 2.75) is 18.8 Å². The van der Waals surface area contributed by atoms with Crippen LogP contribution in [0.4, 0.5) is 18.0 Å². The van der Waals surface area contributed by atoms with Crippen LogP contribution < -0.4 is 5.32 Å². The van der Waals surface area contributed by atoms with Crippen LogP contribution in [0.2, 0.25) is 0 Å². The van der Waals surface area contributed by atoms with Gasteiger partial charge in [0.25, 0.3) is 5.66 Å². The lowest BCUT2D eigenvalue weighted by Crippen LogP contribution is -2.62. The van der Waals surface area contributed by atoms with Gasteiger partial charge in [-0.15, -0.1) is 0 Å². The number of aryl methyl sites for hydroxylation is 1. The zero-order chi connectivity index (χ0) is 16.0. The van der Waals surface area contributed by atoms with Crippen molar-refractivity contribution in [1.82, 2.24) is 10.2 Å². The van der Waals surface area contributed by atoms with E-state index in [2.05, 4.69) is 4.99 Å². The number of nitrogens with one attached hydrogen (secondary N) is 1. The van der Waals surface area contributed by atoms with Gasteiger partial charge in [0.2, 0.25) is 0 Å². The van der Waals surface area contributed by atoms with Crippen LogP contribution in [0.5, 0.6) is 0 Å². The van der Waals surface area contributed by atoms with Crippen molar-refractivity contribution >= 4 is 11.9 Å². The van der Waals surface area contributed by atoms with Crippen molar-refractivity contribution in [3.63, 3.8) is 0 Å². The molecule has 4 nitrogen and oxygen atoms in total. The molecule has 0 saturated heterocycles. The molecule has 22 heavy (non-hydrogen) atoms. The zero-order valence-electron chi connectivity index (χ0n) is 11.6. The molecule has 0 fully saturated rings. The molecule has 0 bridgehead atoms. The molecule has 0 spiro atoms. The van der Waals surface area contributed by atoms with Gasteiger partial charge in [0.1, 0.15) is 5.84 Å². The van der Waals surface area contributed by atoms with E-state index in [4.69, 9.17) is 0 Å². The first-order valence-electron chi connectivity index (χ1n) is 6.53. The summed E-state index contributed by atoms with van der Waals surface area (Å²) in [5, 5.41) is 1.99. The van der Waals surface area contributed by atoms with Crippen LogP contribution in [-0.4, -0.2) is 22.9 Å². The largest absolute Gasteiger partial charge is 0.436 e. The van der Waals surface area contributed by atoms with Crippen LogP contribution in [0.15, 0.2) is 53.7 Å². The quantitative estimate of drug-likeness (QED) is 0.850. The number of hydrogen-bond donors (Lipinski definition) is 1. The Morgan fingerprint density at radius 2 is 1.86 bits per heavy atom. The molecule has 2 aliphatic rings. The van der Waals surface area contributed by atoms with Gasteiger partial charge in [0, 0.05) is 11.8 Å². The van der Waals surface area contributed by atoms with Gasteiger partial charge in [-0.05, 0) is 19.1 Å². The van der Waals surface area contributed by atoms with Crippen molar-refractivity contribution in [2.24, 2.45) is 4.99 Å². The first kappa shape index (κ1) is 14.4. The third-order valence-electron chi connectivity index (χ3n) is 3.51. The molecular formula is C15H12F3N3O. The van der Waals surface area contributed by atoms with E-state index < -0.39 is 17.9 Å². The fourth-order valence-electron chi connectivity index (χ4n) is 2.34. The summed E-state index contributed by atoms with van der Waals surface area (Å²) in [4.78, 5) is 16.9. The fraction of sp³-hybridized carbons (Fsp3) is 0.200. The van der Waals surface area contributed by atoms with Gasteiger partial charge in [-0.3, -0.25) is 4.90 Å². The highest BCUT2D eigenvalue weighted by atomic mass is 19.4. The zero-order valence-corrected chi connectivity index (χ0v) is 11.6. The highest BCUT2D eigenvalue weighted by molar-refractivity contribution is 6.07.